The summed E-state index contributed by atoms with van der Waals surface area (Å²) >= 11 is 0. The summed E-state index contributed by atoms with van der Waals surface area (Å²) in [6.45, 7) is 0. The van der Waals surface area contributed by atoms with Crippen LogP contribution in [-0.2, 0) is 0 Å². The molecule has 0 bridgehead atoms. The Morgan fingerprint density at radius 3 is 1.90 bits per heavy atom. The Bertz CT molecular complexity index is 630. The minimum Gasteiger partial charge on any atom is -0.284 e. The lowest BCUT2D eigenvalue weighted by atomic mass is 10.1. The Morgan fingerprint density at radius 1 is 0.810 bits per heavy atom. The maximum atomic E-state index is 13.9. The summed E-state index contributed by atoms with van der Waals surface area (Å²) in [6, 6.07) is 0. The highest BCUT2D eigenvalue weighted by Crippen LogP contribution is 2.61. The summed E-state index contributed by atoms with van der Waals surface area (Å²) in [5, 5.41) is 9.54. The molecule has 12 heteroatoms. The quantitative estimate of drug-likeness (QED) is 0.791. The van der Waals surface area contributed by atoms with E-state index in [1.807, 2.05) is 0 Å². The van der Waals surface area contributed by atoms with Crippen LogP contribution in [0.1, 0.15) is 0 Å². The number of allylic oxidation sites excluding steroid dienone is 2. The van der Waals surface area contributed by atoms with Crippen LogP contribution in [0.4, 0.5) is 26.3 Å². The average molecular weight is 310 g/mol. The second-order valence-electron chi connectivity index (χ2n) is 4.13. The maximum Gasteiger partial charge on any atom is 0.383 e. The Kier molecular flexibility index (Phi) is 2.47. The van der Waals surface area contributed by atoms with Gasteiger partial charge in [-0.1, -0.05) is 0 Å². The summed E-state index contributed by atoms with van der Waals surface area (Å²) < 4.78 is 83.0. The third-order valence-electron chi connectivity index (χ3n) is 2.93. The van der Waals surface area contributed by atoms with Gasteiger partial charge in [0.05, 0.1) is 0 Å². The number of rotatable bonds is 2. The zero-order valence-electron chi connectivity index (χ0n) is 9.76. The molecule has 0 saturated heterocycles. The van der Waals surface area contributed by atoms with Gasteiger partial charge in [0.1, 0.15) is 36.7 Å². The summed E-state index contributed by atoms with van der Waals surface area (Å²) in [6.07, 6.45) is 2.59. The van der Waals surface area contributed by atoms with Crippen molar-refractivity contribution in [2.24, 2.45) is 0 Å². The van der Waals surface area contributed by atoms with Crippen LogP contribution in [0.15, 0.2) is 25.3 Å². The lowest BCUT2D eigenvalue weighted by molar-refractivity contribution is -0.256. The Labute approximate surface area is 111 Å². The smallest absolute Gasteiger partial charge is 0.284 e. The van der Waals surface area contributed by atoms with Crippen molar-refractivity contribution in [3.8, 4) is 0 Å². The molecule has 0 unspecified atom stereocenters. The summed E-state index contributed by atoms with van der Waals surface area (Å²) in [7, 11) is 0. The summed E-state index contributed by atoms with van der Waals surface area (Å²) in [5.41, 5.74) is -3.34. The SMILES string of the molecule is FC1(F)C(n2cnnc2)=C(n2cncn2)C(F)(F)C1(F)F. The van der Waals surface area contributed by atoms with E-state index in [9.17, 15) is 26.3 Å². The molecule has 0 N–H and O–H groups in total. The monoisotopic (exact) mass is 310 g/mol. The van der Waals surface area contributed by atoms with E-state index in [0.717, 1.165) is 6.33 Å². The van der Waals surface area contributed by atoms with Gasteiger partial charge in [-0.15, -0.1) is 10.2 Å². The van der Waals surface area contributed by atoms with Crippen LogP contribution >= 0.6 is 0 Å². The zero-order chi connectivity index (χ0) is 15.5. The molecule has 6 nitrogen and oxygen atoms in total. The number of nitrogens with zero attached hydrogens (tertiary/aromatic N) is 6. The molecule has 0 aliphatic heterocycles. The van der Waals surface area contributed by atoms with Gasteiger partial charge in [0.15, 0.2) is 0 Å². The molecule has 0 fully saturated rings. The first-order chi connectivity index (χ1) is 9.71. The molecule has 2 aromatic rings. The molecule has 2 aromatic heterocycles. The summed E-state index contributed by atoms with van der Waals surface area (Å²) in [4.78, 5) is 3.30. The van der Waals surface area contributed by atoms with E-state index >= 15 is 0 Å². The largest absolute Gasteiger partial charge is 0.383 e. The van der Waals surface area contributed by atoms with Gasteiger partial charge in [-0.3, -0.25) is 4.57 Å². The third kappa shape index (κ3) is 1.49. The van der Waals surface area contributed by atoms with E-state index in [2.05, 4.69) is 20.3 Å². The molecule has 112 valence electrons. The predicted octanol–water partition coefficient (Wildman–Crippen LogP) is 1.61. The van der Waals surface area contributed by atoms with Crippen molar-refractivity contribution in [3.05, 3.63) is 25.3 Å². The minimum atomic E-state index is -5.64. The molecule has 1 aliphatic rings. The van der Waals surface area contributed by atoms with E-state index in [1.165, 1.54) is 0 Å². The normalized spacial score (nSPS) is 22.8. The van der Waals surface area contributed by atoms with Gasteiger partial charge >= 0.3 is 17.8 Å². The Morgan fingerprint density at radius 2 is 1.38 bits per heavy atom. The van der Waals surface area contributed by atoms with Gasteiger partial charge < -0.3 is 0 Å². The van der Waals surface area contributed by atoms with Crippen LogP contribution in [0.3, 0.4) is 0 Å². The molecular weight excluding hydrogens is 306 g/mol. The molecule has 2 heterocycles. The number of hydrogen-bond acceptors (Lipinski definition) is 4. The van der Waals surface area contributed by atoms with Crippen molar-refractivity contribution in [2.75, 3.05) is 0 Å². The standard InChI is InChI=1S/C9H4F6N6/c10-7(11)5(20-3-17-18-4-20)6(21-2-16-1-19-21)8(12,13)9(7,14)15/h1-4H. The maximum absolute atomic E-state index is 13.9. The highest BCUT2D eigenvalue weighted by atomic mass is 19.3. The van der Waals surface area contributed by atoms with E-state index in [4.69, 9.17) is 0 Å². The van der Waals surface area contributed by atoms with Gasteiger partial charge in [0.25, 0.3) is 0 Å². The second kappa shape index (κ2) is 3.83. The number of halogens is 6. The van der Waals surface area contributed by atoms with Crippen LogP contribution in [0.25, 0.3) is 11.4 Å². The molecule has 0 atom stereocenters. The number of aromatic nitrogens is 6. The van der Waals surface area contributed by atoms with Gasteiger partial charge in [0.2, 0.25) is 0 Å². The van der Waals surface area contributed by atoms with Crippen LogP contribution in [-0.4, -0.2) is 47.3 Å². The molecule has 3 rings (SSSR count). The molecular formula is C9H4F6N6. The van der Waals surface area contributed by atoms with Crippen molar-refractivity contribution in [3.63, 3.8) is 0 Å². The molecule has 1 aliphatic carbocycles. The van der Waals surface area contributed by atoms with E-state index < -0.39 is 29.2 Å². The van der Waals surface area contributed by atoms with Crippen molar-refractivity contribution in [2.45, 2.75) is 17.8 Å². The third-order valence-corrected chi connectivity index (χ3v) is 2.93. The van der Waals surface area contributed by atoms with Crippen molar-refractivity contribution < 1.29 is 26.3 Å². The minimum absolute atomic E-state index is 0.171. The van der Waals surface area contributed by atoms with E-state index in [0.29, 0.717) is 23.5 Å². The molecule has 0 radical (unpaired) electrons. The van der Waals surface area contributed by atoms with Crippen molar-refractivity contribution >= 4 is 11.4 Å². The second-order valence-corrected chi connectivity index (χ2v) is 4.13. The van der Waals surface area contributed by atoms with Gasteiger partial charge in [0, 0.05) is 0 Å². The first-order valence-corrected chi connectivity index (χ1v) is 5.30. The first kappa shape index (κ1) is 13.6. The first-order valence-electron chi connectivity index (χ1n) is 5.30. The molecule has 0 saturated carbocycles. The number of hydrogen-bond donors (Lipinski definition) is 0. The average Bonchev–Trinajstić information content (AvgIpc) is 3.08. The van der Waals surface area contributed by atoms with Crippen LogP contribution < -0.4 is 0 Å². The molecule has 0 amide bonds. The van der Waals surface area contributed by atoms with Crippen LogP contribution in [0, 0.1) is 0 Å². The fourth-order valence-electron chi connectivity index (χ4n) is 1.97. The molecule has 0 spiro atoms. The van der Waals surface area contributed by atoms with Crippen LogP contribution in [0.2, 0.25) is 0 Å². The van der Waals surface area contributed by atoms with Crippen molar-refractivity contribution in [1.82, 2.24) is 29.5 Å². The fourth-order valence-corrected chi connectivity index (χ4v) is 1.97. The van der Waals surface area contributed by atoms with Gasteiger partial charge in [-0.2, -0.15) is 31.4 Å². The highest BCUT2D eigenvalue weighted by molar-refractivity contribution is 5.85. The lowest BCUT2D eigenvalue weighted by Gasteiger charge is -2.25. The highest BCUT2D eigenvalue weighted by Gasteiger charge is 2.81. The van der Waals surface area contributed by atoms with E-state index in [1.54, 1.807) is 0 Å². The summed E-state index contributed by atoms with van der Waals surface area (Å²) in [5.74, 6) is -16.0. The topological polar surface area (TPSA) is 61.4 Å². The Hall–Kier alpha value is -2.40. The van der Waals surface area contributed by atoms with Crippen LogP contribution in [0.5, 0.6) is 0 Å². The Balaban J connectivity index is 2.38. The molecule has 0 aromatic carbocycles. The van der Waals surface area contributed by atoms with Gasteiger partial charge in [-0.05, 0) is 0 Å². The zero-order valence-corrected chi connectivity index (χ0v) is 9.76. The van der Waals surface area contributed by atoms with E-state index in [-0.39, 0.29) is 4.68 Å². The predicted molar refractivity (Wildman–Crippen MR) is 54.3 cm³/mol. The fraction of sp³-hybridized carbons (Fsp3) is 0.333. The lowest BCUT2D eigenvalue weighted by Crippen LogP contribution is -2.49. The van der Waals surface area contributed by atoms with Gasteiger partial charge in [-0.25, -0.2) is 9.67 Å². The molecule has 21 heavy (non-hydrogen) atoms. The number of alkyl halides is 6. The van der Waals surface area contributed by atoms with Crippen molar-refractivity contribution in [1.29, 1.82) is 0 Å².